The summed E-state index contributed by atoms with van der Waals surface area (Å²) in [6.07, 6.45) is 8.23. The summed E-state index contributed by atoms with van der Waals surface area (Å²) < 4.78 is 0.341. The summed E-state index contributed by atoms with van der Waals surface area (Å²) in [5.41, 5.74) is 0. The van der Waals surface area contributed by atoms with Gasteiger partial charge in [0.2, 0.25) is 0 Å². The van der Waals surface area contributed by atoms with Crippen LogP contribution in [0.25, 0.3) is 0 Å². The molecule has 11 heavy (non-hydrogen) atoms. The van der Waals surface area contributed by atoms with Gasteiger partial charge in [0.15, 0.2) is 0 Å². The molecule has 0 spiro atoms. The lowest BCUT2D eigenvalue weighted by Gasteiger charge is -2.30. The molecule has 0 amide bonds. The van der Waals surface area contributed by atoms with Gasteiger partial charge in [-0.15, -0.1) is 0 Å². The van der Waals surface area contributed by atoms with Gasteiger partial charge in [-0.1, -0.05) is 57.5 Å². The van der Waals surface area contributed by atoms with Crippen LogP contribution in [-0.4, -0.2) is 9.15 Å². The zero-order valence-electron chi connectivity index (χ0n) is 7.08. The SMILES string of the molecule is CC1(Br)CCCCCCC1Br. The smallest absolute Gasteiger partial charge is 0.0354 e. The van der Waals surface area contributed by atoms with Crippen molar-refractivity contribution in [3.05, 3.63) is 0 Å². The molecule has 0 bridgehead atoms. The van der Waals surface area contributed by atoms with E-state index in [2.05, 4.69) is 38.8 Å². The van der Waals surface area contributed by atoms with E-state index in [0.29, 0.717) is 9.15 Å². The van der Waals surface area contributed by atoms with Crippen LogP contribution in [0.1, 0.15) is 45.4 Å². The second-order valence-electron chi connectivity index (χ2n) is 3.70. The molecule has 0 saturated heterocycles. The number of alkyl halides is 2. The predicted molar refractivity (Wildman–Crippen MR) is 57.7 cm³/mol. The first-order valence-electron chi connectivity index (χ1n) is 4.46. The fraction of sp³-hybridized carbons (Fsp3) is 1.00. The topological polar surface area (TPSA) is 0 Å². The summed E-state index contributed by atoms with van der Waals surface area (Å²) in [5, 5.41) is 0. The van der Waals surface area contributed by atoms with Gasteiger partial charge in [-0.2, -0.15) is 0 Å². The molecule has 2 atom stereocenters. The van der Waals surface area contributed by atoms with Gasteiger partial charge in [0.05, 0.1) is 0 Å². The highest BCUT2D eigenvalue weighted by Crippen LogP contribution is 2.37. The van der Waals surface area contributed by atoms with Crippen LogP contribution in [0, 0.1) is 0 Å². The first-order chi connectivity index (χ1) is 5.13. The first-order valence-corrected chi connectivity index (χ1v) is 6.17. The Morgan fingerprint density at radius 2 is 1.82 bits per heavy atom. The molecule has 2 unspecified atom stereocenters. The van der Waals surface area contributed by atoms with Gasteiger partial charge in [0.25, 0.3) is 0 Å². The molecular formula is C9H16Br2. The van der Waals surface area contributed by atoms with E-state index in [1.165, 1.54) is 38.5 Å². The molecule has 0 aliphatic heterocycles. The fourth-order valence-electron chi connectivity index (χ4n) is 1.61. The van der Waals surface area contributed by atoms with Gasteiger partial charge in [-0.3, -0.25) is 0 Å². The fourth-order valence-corrected chi connectivity index (χ4v) is 2.67. The number of rotatable bonds is 0. The molecule has 1 fully saturated rings. The van der Waals surface area contributed by atoms with E-state index >= 15 is 0 Å². The van der Waals surface area contributed by atoms with Gasteiger partial charge >= 0.3 is 0 Å². The lowest BCUT2D eigenvalue weighted by Crippen LogP contribution is -2.29. The second-order valence-corrected chi connectivity index (χ2v) is 6.62. The summed E-state index contributed by atoms with van der Waals surface area (Å²) in [7, 11) is 0. The maximum absolute atomic E-state index is 3.80. The Hall–Kier alpha value is 0.960. The maximum atomic E-state index is 3.80. The van der Waals surface area contributed by atoms with Crippen LogP contribution in [0.5, 0.6) is 0 Å². The number of halogens is 2. The third kappa shape index (κ3) is 3.06. The van der Waals surface area contributed by atoms with Gasteiger partial charge in [0, 0.05) is 9.15 Å². The lowest BCUT2D eigenvalue weighted by molar-refractivity contribution is 0.458. The van der Waals surface area contributed by atoms with Crippen LogP contribution in [0.2, 0.25) is 0 Å². The standard InChI is InChI=1S/C9H16Br2/c1-9(11)7-5-3-2-4-6-8(9)10/h8H,2-7H2,1H3. The molecule has 0 aromatic heterocycles. The molecule has 0 radical (unpaired) electrons. The van der Waals surface area contributed by atoms with Crippen molar-refractivity contribution in [1.29, 1.82) is 0 Å². The second kappa shape index (κ2) is 4.27. The largest absolute Gasteiger partial charge is 0.0876 e. The molecule has 0 N–H and O–H groups in total. The maximum Gasteiger partial charge on any atom is 0.0354 e. The molecule has 1 rings (SSSR count). The highest BCUT2D eigenvalue weighted by Gasteiger charge is 2.29. The van der Waals surface area contributed by atoms with E-state index in [1.807, 2.05) is 0 Å². The summed E-state index contributed by atoms with van der Waals surface area (Å²) in [6, 6.07) is 0. The molecule has 66 valence electrons. The molecule has 0 heterocycles. The molecule has 2 heteroatoms. The van der Waals surface area contributed by atoms with Crippen LogP contribution in [0.3, 0.4) is 0 Å². The molecule has 1 saturated carbocycles. The Balaban J connectivity index is 2.47. The van der Waals surface area contributed by atoms with Crippen molar-refractivity contribution in [2.45, 2.75) is 54.6 Å². The average Bonchev–Trinajstić information content (AvgIpc) is 1.93. The van der Waals surface area contributed by atoms with Gasteiger partial charge < -0.3 is 0 Å². The Kier molecular flexibility index (Phi) is 3.90. The monoisotopic (exact) mass is 282 g/mol. The van der Waals surface area contributed by atoms with Crippen molar-refractivity contribution in [3.8, 4) is 0 Å². The summed E-state index contributed by atoms with van der Waals surface area (Å²) in [4.78, 5) is 0.662. The van der Waals surface area contributed by atoms with Crippen molar-refractivity contribution in [2.24, 2.45) is 0 Å². The highest BCUT2D eigenvalue weighted by atomic mass is 79.9. The summed E-state index contributed by atoms with van der Waals surface area (Å²) in [5.74, 6) is 0. The van der Waals surface area contributed by atoms with E-state index in [-0.39, 0.29) is 0 Å². The van der Waals surface area contributed by atoms with Crippen molar-refractivity contribution in [1.82, 2.24) is 0 Å². The molecular weight excluding hydrogens is 268 g/mol. The summed E-state index contributed by atoms with van der Waals surface area (Å²) in [6.45, 7) is 2.30. The minimum atomic E-state index is 0.341. The highest BCUT2D eigenvalue weighted by molar-refractivity contribution is 9.12. The number of hydrogen-bond acceptors (Lipinski definition) is 0. The summed E-state index contributed by atoms with van der Waals surface area (Å²) >= 11 is 7.54. The Bertz CT molecular complexity index is 121. The Morgan fingerprint density at radius 3 is 2.55 bits per heavy atom. The zero-order chi connectivity index (χ0) is 8.32. The van der Waals surface area contributed by atoms with Gasteiger partial charge in [-0.05, 0) is 19.8 Å². The average molecular weight is 284 g/mol. The minimum absolute atomic E-state index is 0.341. The van der Waals surface area contributed by atoms with Crippen LogP contribution < -0.4 is 0 Å². The first kappa shape index (κ1) is 10.0. The van der Waals surface area contributed by atoms with E-state index in [0.717, 1.165) is 0 Å². The van der Waals surface area contributed by atoms with Gasteiger partial charge in [-0.25, -0.2) is 0 Å². The van der Waals surface area contributed by atoms with Crippen molar-refractivity contribution in [3.63, 3.8) is 0 Å². The molecule has 0 aromatic rings. The van der Waals surface area contributed by atoms with Crippen LogP contribution in [0.15, 0.2) is 0 Å². The Labute approximate surface area is 86.4 Å². The van der Waals surface area contributed by atoms with Gasteiger partial charge in [0.1, 0.15) is 0 Å². The Morgan fingerprint density at radius 1 is 1.18 bits per heavy atom. The van der Waals surface area contributed by atoms with Crippen molar-refractivity contribution in [2.75, 3.05) is 0 Å². The molecule has 1 aliphatic carbocycles. The lowest BCUT2D eigenvalue weighted by atomic mass is 9.92. The third-order valence-electron chi connectivity index (χ3n) is 2.53. The predicted octanol–water partition coefficient (Wildman–Crippen LogP) is 4.26. The van der Waals surface area contributed by atoms with Crippen LogP contribution >= 0.6 is 31.9 Å². The van der Waals surface area contributed by atoms with E-state index in [4.69, 9.17) is 0 Å². The minimum Gasteiger partial charge on any atom is -0.0876 e. The van der Waals surface area contributed by atoms with Crippen LogP contribution in [-0.2, 0) is 0 Å². The molecule has 1 aliphatic rings. The van der Waals surface area contributed by atoms with E-state index in [9.17, 15) is 0 Å². The third-order valence-corrected chi connectivity index (χ3v) is 5.56. The van der Waals surface area contributed by atoms with Crippen molar-refractivity contribution >= 4 is 31.9 Å². The van der Waals surface area contributed by atoms with Crippen LogP contribution in [0.4, 0.5) is 0 Å². The van der Waals surface area contributed by atoms with E-state index < -0.39 is 0 Å². The van der Waals surface area contributed by atoms with Crippen molar-refractivity contribution < 1.29 is 0 Å². The normalized spacial score (nSPS) is 41.2. The number of hydrogen-bond donors (Lipinski definition) is 0. The van der Waals surface area contributed by atoms with E-state index in [1.54, 1.807) is 0 Å². The zero-order valence-corrected chi connectivity index (χ0v) is 10.2. The molecule has 0 aromatic carbocycles. The quantitative estimate of drug-likeness (QED) is 0.583. The molecule has 0 nitrogen and oxygen atoms in total.